The minimum Gasteiger partial charge on any atom is -0.373 e. The zero-order valence-corrected chi connectivity index (χ0v) is 13.0. The van der Waals surface area contributed by atoms with Gasteiger partial charge in [-0.1, -0.05) is 6.92 Å². The van der Waals surface area contributed by atoms with E-state index in [9.17, 15) is 0 Å². The van der Waals surface area contributed by atoms with Gasteiger partial charge >= 0.3 is 0 Å². The van der Waals surface area contributed by atoms with Crippen LogP contribution in [0.5, 0.6) is 0 Å². The van der Waals surface area contributed by atoms with Gasteiger partial charge in [0.1, 0.15) is 17.5 Å². The Labute approximate surface area is 116 Å². The van der Waals surface area contributed by atoms with Crippen molar-refractivity contribution < 1.29 is 0 Å². The molecule has 5 heteroatoms. The summed E-state index contributed by atoms with van der Waals surface area (Å²) >= 11 is 0. The quantitative estimate of drug-likeness (QED) is 0.791. The second kappa shape index (κ2) is 7.28. The van der Waals surface area contributed by atoms with Crippen LogP contribution in [0.1, 0.15) is 31.7 Å². The number of aromatic nitrogens is 2. The standard InChI is InChI=1S/C14H27N5/c1-7-8-12-17-13(15-4)11(3)14(18-12)16-9-10(2)19(5)6/h10H,7-9H2,1-6H3,(H2,15,16,17,18). The van der Waals surface area contributed by atoms with E-state index >= 15 is 0 Å². The van der Waals surface area contributed by atoms with Crippen molar-refractivity contribution in [2.24, 2.45) is 0 Å². The molecule has 108 valence electrons. The summed E-state index contributed by atoms with van der Waals surface area (Å²) in [6.45, 7) is 7.25. The number of aryl methyl sites for hydroxylation is 1. The molecule has 5 nitrogen and oxygen atoms in total. The van der Waals surface area contributed by atoms with Crippen LogP contribution in [-0.2, 0) is 6.42 Å². The van der Waals surface area contributed by atoms with E-state index in [1.165, 1.54) is 0 Å². The molecule has 0 aromatic carbocycles. The Morgan fingerprint density at radius 1 is 1.21 bits per heavy atom. The van der Waals surface area contributed by atoms with Gasteiger partial charge in [0.15, 0.2) is 0 Å². The molecule has 1 heterocycles. The third-order valence-electron chi connectivity index (χ3n) is 3.35. The third-order valence-corrected chi connectivity index (χ3v) is 3.35. The van der Waals surface area contributed by atoms with Crippen molar-refractivity contribution in [3.05, 3.63) is 11.4 Å². The number of nitrogens with one attached hydrogen (secondary N) is 2. The molecular formula is C14H27N5. The minimum atomic E-state index is 0.460. The Hall–Kier alpha value is -1.36. The maximum atomic E-state index is 4.62. The maximum absolute atomic E-state index is 4.62. The van der Waals surface area contributed by atoms with Gasteiger partial charge in [-0.25, -0.2) is 9.97 Å². The lowest BCUT2D eigenvalue weighted by atomic mass is 10.2. The van der Waals surface area contributed by atoms with Gasteiger partial charge in [-0.05, 0) is 34.4 Å². The first kappa shape index (κ1) is 15.7. The van der Waals surface area contributed by atoms with Gasteiger partial charge in [-0.15, -0.1) is 0 Å². The van der Waals surface area contributed by atoms with Gasteiger partial charge in [-0.3, -0.25) is 0 Å². The zero-order valence-electron chi connectivity index (χ0n) is 13.0. The topological polar surface area (TPSA) is 53.1 Å². The molecule has 1 aromatic heterocycles. The van der Waals surface area contributed by atoms with Gasteiger partial charge in [0, 0.05) is 31.6 Å². The number of hydrogen-bond donors (Lipinski definition) is 2. The molecule has 0 saturated carbocycles. The highest BCUT2D eigenvalue weighted by Crippen LogP contribution is 2.20. The van der Waals surface area contributed by atoms with E-state index in [0.29, 0.717) is 6.04 Å². The van der Waals surface area contributed by atoms with Crippen LogP contribution >= 0.6 is 0 Å². The molecule has 0 radical (unpaired) electrons. The van der Waals surface area contributed by atoms with Crippen molar-refractivity contribution in [2.45, 2.75) is 39.7 Å². The van der Waals surface area contributed by atoms with E-state index < -0.39 is 0 Å². The molecule has 1 atom stereocenters. The number of likely N-dealkylation sites (N-methyl/N-ethyl adjacent to an activating group) is 1. The Balaban J connectivity index is 2.88. The van der Waals surface area contributed by atoms with Crippen molar-refractivity contribution in [3.63, 3.8) is 0 Å². The van der Waals surface area contributed by atoms with E-state index in [4.69, 9.17) is 0 Å². The SMILES string of the molecule is CCCc1nc(NC)c(C)c(NCC(C)N(C)C)n1. The summed E-state index contributed by atoms with van der Waals surface area (Å²) in [7, 11) is 6.07. The lowest BCUT2D eigenvalue weighted by Gasteiger charge is -2.21. The number of anilines is 2. The lowest BCUT2D eigenvalue weighted by molar-refractivity contribution is 0.326. The molecular weight excluding hydrogens is 238 g/mol. The Morgan fingerprint density at radius 2 is 1.84 bits per heavy atom. The summed E-state index contributed by atoms with van der Waals surface area (Å²) in [6.07, 6.45) is 1.96. The summed E-state index contributed by atoms with van der Waals surface area (Å²) in [5.41, 5.74) is 1.08. The molecule has 19 heavy (non-hydrogen) atoms. The van der Waals surface area contributed by atoms with E-state index in [2.05, 4.69) is 53.4 Å². The molecule has 0 aliphatic rings. The van der Waals surface area contributed by atoms with Crippen LogP contribution in [-0.4, -0.2) is 48.6 Å². The zero-order chi connectivity index (χ0) is 14.4. The molecule has 0 bridgehead atoms. The Bertz CT molecular complexity index is 403. The second-order valence-corrected chi connectivity index (χ2v) is 5.16. The molecule has 0 aliphatic carbocycles. The first-order valence-electron chi connectivity index (χ1n) is 6.95. The van der Waals surface area contributed by atoms with E-state index in [0.717, 1.165) is 42.4 Å². The maximum Gasteiger partial charge on any atom is 0.134 e. The normalized spacial score (nSPS) is 12.6. The van der Waals surface area contributed by atoms with Gasteiger partial charge < -0.3 is 15.5 Å². The van der Waals surface area contributed by atoms with Crippen LogP contribution in [0.3, 0.4) is 0 Å². The minimum absolute atomic E-state index is 0.460. The second-order valence-electron chi connectivity index (χ2n) is 5.16. The van der Waals surface area contributed by atoms with Crippen molar-refractivity contribution >= 4 is 11.6 Å². The van der Waals surface area contributed by atoms with Crippen LogP contribution < -0.4 is 10.6 Å². The van der Waals surface area contributed by atoms with E-state index in [1.807, 2.05) is 14.0 Å². The molecule has 0 fully saturated rings. The molecule has 1 rings (SSSR count). The molecule has 0 aliphatic heterocycles. The van der Waals surface area contributed by atoms with Gasteiger partial charge in [0.2, 0.25) is 0 Å². The first-order valence-corrected chi connectivity index (χ1v) is 6.95. The summed E-state index contributed by atoms with van der Waals surface area (Å²) in [5, 5.41) is 6.58. The van der Waals surface area contributed by atoms with E-state index in [1.54, 1.807) is 0 Å². The average Bonchev–Trinajstić information content (AvgIpc) is 2.38. The smallest absolute Gasteiger partial charge is 0.134 e. The van der Waals surface area contributed by atoms with Crippen LogP contribution in [0.4, 0.5) is 11.6 Å². The van der Waals surface area contributed by atoms with E-state index in [-0.39, 0.29) is 0 Å². The molecule has 0 spiro atoms. The van der Waals surface area contributed by atoms with Gasteiger partial charge in [0.25, 0.3) is 0 Å². The van der Waals surface area contributed by atoms with Crippen molar-refractivity contribution in [1.82, 2.24) is 14.9 Å². The largest absolute Gasteiger partial charge is 0.373 e. The van der Waals surface area contributed by atoms with Crippen molar-refractivity contribution in [1.29, 1.82) is 0 Å². The highest BCUT2D eigenvalue weighted by molar-refractivity contribution is 5.57. The number of nitrogens with zero attached hydrogens (tertiary/aromatic N) is 3. The lowest BCUT2D eigenvalue weighted by Crippen LogP contribution is -2.32. The van der Waals surface area contributed by atoms with Crippen LogP contribution in [0.15, 0.2) is 0 Å². The third kappa shape index (κ3) is 4.35. The summed E-state index contributed by atoms with van der Waals surface area (Å²) in [6, 6.07) is 0.460. The Kier molecular flexibility index (Phi) is 6.02. The predicted molar refractivity (Wildman–Crippen MR) is 81.9 cm³/mol. The van der Waals surface area contributed by atoms with Crippen molar-refractivity contribution in [2.75, 3.05) is 38.3 Å². The molecule has 0 saturated heterocycles. The molecule has 1 aromatic rings. The highest BCUT2D eigenvalue weighted by atomic mass is 15.1. The average molecular weight is 265 g/mol. The first-order chi connectivity index (χ1) is 8.99. The number of hydrogen-bond acceptors (Lipinski definition) is 5. The monoisotopic (exact) mass is 265 g/mol. The van der Waals surface area contributed by atoms with Crippen LogP contribution in [0.25, 0.3) is 0 Å². The van der Waals surface area contributed by atoms with Crippen molar-refractivity contribution in [3.8, 4) is 0 Å². The fourth-order valence-corrected chi connectivity index (χ4v) is 1.74. The number of rotatable bonds is 7. The molecule has 0 amide bonds. The fourth-order valence-electron chi connectivity index (χ4n) is 1.74. The Morgan fingerprint density at radius 3 is 2.37 bits per heavy atom. The summed E-state index contributed by atoms with van der Waals surface area (Å²) in [5.74, 6) is 2.76. The fraction of sp³-hybridized carbons (Fsp3) is 0.714. The molecule has 2 N–H and O–H groups in total. The van der Waals surface area contributed by atoms with Gasteiger partial charge in [0.05, 0.1) is 0 Å². The summed E-state index contributed by atoms with van der Waals surface area (Å²) in [4.78, 5) is 11.3. The molecule has 1 unspecified atom stereocenters. The highest BCUT2D eigenvalue weighted by Gasteiger charge is 2.11. The van der Waals surface area contributed by atoms with Gasteiger partial charge in [-0.2, -0.15) is 0 Å². The van der Waals surface area contributed by atoms with Crippen LogP contribution in [0.2, 0.25) is 0 Å². The van der Waals surface area contributed by atoms with Crippen LogP contribution in [0, 0.1) is 6.92 Å². The predicted octanol–water partition coefficient (Wildman–Crippen LogP) is 2.14. The summed E-state index contributed by atoms with van der Waals surface area (Å²) < 4.78 is 0.